The Morgan fingerprint density at radius 2 is 2.15 bits per heavy atom. The van der Waals surface area contributed by atoms with Gasteiger partial charge in [-0.25, -0.2) is 0 Å². The highest BCUT2D eigenvalue weighted by Gasteiger charge is 2.12. The maximum atomic E-state index is 12.0. The molecule has 0 fully saturated rings. The SMILES string of the molecule is O=C(NCc1ccc(Br)s1)c1cc2cc(Cl)ccc2o1. The molecule has 3 rings (SSSR count). The summed E-state index contributed by atoms with van der Waals surface area (Å²) in [6.07, 6.45) is 0. The molecular weight excluding hydrogens is 362 g/mol. The summed E-state index contributed by atoms with van der Waals surface area (Å²) in [5.41, 5.74) is 0.651. The molecule has 0 aliphatic carbocycles. The molecule has 0 saturated heterocycles. The first-order valence-corrected chi connectivity index (χ1v) is 7.82. The first-order valence-electron chi connectivity index (χ1n) is 5.83. The highest BCUT2D eigenvalue weighted by Crippen LogP contribution is 2.24. The molecule has 0 saturated carbocycles. The second kappa shape index (κ2) is 5.60. The van der Waals surface area contributed by atoms with Gasteiger partial charge in [-0.2, -0.15) is 0 Å². The van der Waals surface area contributed by atoms with Crippen LogP contribution in [0.15, 0.2) is 44.6 Å². The number of rotatable bonds is 3. The van der Waals surface area contributed by atoms with Gasteiger partial charge in [-0.05, 0) is 52.3 Å². The molecule has 3 aromatic rings. The minimum absolute atomic E-state index is 0.234. The summed E-state index contributed by atoms with van der Waals surface area (Å²) >= 11 is 10.9. The highest BCUT2D eigenvalue weighted by molar-refractivity contribution is 9.11. The molecule has 1 aromatic carbocycles. The normalized spacial score (nSPS) is 10.9. The van der Waals surface area contributed by atoms with Gasteiger partial charge in [0, 0.05) is 15.3 Å². The summed E-state index contributed by atoms with van der Waals surface area (Å²) in [6.45, 7) is 0.479. The zero-order valence-corrected chi connectivity index (χ0v) is 13.3. The lowest BCUT2D eigenvalue weighted by Crippen LogP contribution is -2.21. The van der Waals surface area contributed by atoms with E-state index in [0.29, 0.717) is 17.2 Å². The Balaban J connectivity index is 1.75. The van der Waals surface area contributed by atoms with E-state index < -0.39 is 0 Å². The number of amides is 1. The lowest BCUT2D eigenvalue weighted by Gasteiger charge is -1.99. The molecule has 20 heavy (non-hydrogen) atoms. The average Bonchev–Trinajstić information content (AvgIpc) is 3.01. The maximum Gasteiger partial charge on any atom is 0.287 e. The van der Waals surface area contributed by atoms with Gasteiger partial charge < -0.3 is 9.73 Å². The van der Waals surface area contributed by atoms with Crippen molar-refractivity contribution in [1.29, 1.82) is 0 Å². The third kappa shape index (κ3) is 2.90. The Morgan fingerprint density at radius 1 is 1.30 bits per heavy atom. The largest absolute Gasteiger partial charge is 0.451 e. The molecule has 0 aliphatic heterocycles. The number of furan rings is 1. The number of fused-ring (bicyclic) bond motifs is 1. The van der Waals surface area contributed by atoms with Crippen molar-refractivity contribution in [3.8, 4) is 0 Å². The zero-order valence-electron chi connectivity index (χ0n) is 10.2. The van der Waals surface area contributed by atoms with Gasteiger partial charge in [0.15, 0.2) is 5.76 Å². The van der Waals surface area contributed by atoms with Crippen molar-refractivity contribution in [3.05, 3.63) is 55.8 Å². The van der Waals surface area contributed by atoms with E-state index >= 15 is 0 Å². The van der Waals surface area contributed by atoms with Crippen LogP contribution in [0.5, 0.6) is 0 Å². The van der Waals surface area contributed by atoms with Crippen molar-refractivity contribution in [2.24, 2.45) is 0 Å². The van der Waals surface area contributed by atoms with E-state index in [1.54, 1.807) is 35.6 Å². The van der Waals surface area contributed by atoms with Gasteiger partial charge in [0.1, 0.15) is 5.58 Å². The molecule has 0 atom stereocenters. The van der Waals surface area contributed by atoms with Crippen molar-refractivity contribution >= 4 is 55.7 Å². The summed E-state index contributed by atoms with van der Waals surface area (Å²) < 4.78 is 6.54. The molecule has 6 heteroatoms. The quantitative estimate of drug-likeness (QED) is 0.717. The lowest BCUT2D eigenvalue weighted by molar-refractivity contribution is 0.0926. The van der Waals surface area contributed by atoms with E-state index in [1.807, 2.05) is 12.1 Å². The Bertz CT molecular complexity index is 780. The summed E-state index contributed by atoms with van der Waals surface area (Å²) in [4.78, 5) is 13.1. The molecule has 2 aromatic heterocycles. The molecule has 102 valence electrons. The molecule has 0 aliphatic rings. The van der Waals surface area contributed by atoms with E-state index in [0.717, 1.165) is 14.0 Å². The van der Waals surface area contributed by atoms with Crippen LogP contribution in [0.2, 0.25) is 5.02 Å². The summed E-state index contributed by atoms with van der Waals surface area (Å²) in [6, 6.07) is 10.9. The topological polar surface area (TPSA) is 42.2 Å². The molecule has 0 radical (unpaired) electrons. The number of benzene rings is 1. The number of hydrogen-bond acceptors (Lipinski definition) is 3. The van der Waals surface area contributed by atoms with Crippen LogP contribution in [-0.4, -0.2) is 5.91 Å². The standard InChI is InChI=1S/C14H9BrClNO2S/c15-13-4-2-10(20-13)7-17-14(18)12-6-8-5-9(16)1-3-11(8)19-12/h1-6H,7H2,(H,17,18). The minimum atomic E-state index is -0.234. The molecule has 0 bridgehead atoms. The van der Waals surface area contributed by atoms with Gasteiger partial charge in [-0.3, -0.25) is 4.79 Å². The molecule has 1 amide bonds. The smallest absolute Gasteiger partial charge is 0.287 e. The highest BCUT2D eigenvalue weighted by atomic mass is 79.9. The van der Waals surface area contributed by atoms with Crippen LogP contribution in [0.4, 0.5) is 0 Å². The van der Waals surface area contributed by atoms with Crippen molar-refractivity contribution < 1.29 is 9.21 Å². The van der Waals surface area contributed by atoms with Crippen LogP contribution in [-0.2, 0) is 6.54 Å². The monoisotopic (exact) mass is 369 g/mol. The van der Waals surface area contributed by atoms with Gasteiger partial charge in [0.25, 0.3) is 5.91 Å². The van der Waals surface area contributed by atoms with Gasteiger partial charge >= 0.3 is 0 Å². The maximum absolute atomic E-state index is 12.0. The van der Waals surface area contributed by atoms with Gasteiger partial charge in [-0.1, -0.05) is 11.6 Å². The van der Waals surface area contributed by atoms with Crippen LogP contribution in [0, 0.1) is 0 Å². The van der Waals surface area contributed by atoms with E-state index in [2.05, 4.69) is 21.2 Å². The summed E-state index contributed by atoms with van der Waals surface area (Å²) in [5, 5.41) is 4.27. The second-order valence-electron chi connectivity index (χ2n) is 4.18. The van der Waals surface area contributed by atoms with E-state index in [4.69, 9.17) is 16.0 Å². The number of halogens is 2. The second-order valence-corrected chi connectivity index (χ2v) is 7.17. The average molecular weight is 371 g/mol. The van der Waals surface area contributed by atoms with Gasteiger partial charge in [-0.15, -0.1) is 11.3 Å². The molecule has 0 spiro atoms. The third-order valence-electron chi connectivity index (χ3n) is 2.75. The van der Waals surface area contributed by atoms with Crippen LogP contribution < -0.4 is 5.32 Å². The molecule has 3 nitrogen and oxygen atoms in total. The van der Waals surface area contributed by atoms with Crippen molar-refractivity contribution in [3.63, 3.8) is 0 Å². The van der Waals surface area contributed by atoms with Crippen molar-refractivity contribution in [2.75, 3.05) is 0 Å². The Hall–Kier alpha value is -1.30. The summed E-state index contributed by atoms with van der Waals surface area (Å²) in [7, 11) is 0. The van der Waals surface area contributed by atoms with Crippen molar-refractivity contribution in [2.45, 2.75) is 6.54 Å². The molecular formula is C14H9BrClNO2S. The molecule has 0 unspecified atom stereocenters. The van der Waals surface area contributed by atoms with Gasteiger partial charge in [0.2, 0.25) is 0 Å². The predicted molar refractivity (Wildman–Crippen MR) is 84.4 cm³/mol. The van der Waals surface area contributed by atoms with Crippen LogP contribution in [0.25, 0.3) is 11.0 Å². The number of thiophene rings is 1. The lowest BCUT2D eigenvalue weighted by atomic mass is 10.2. The number of nitrogens with one attached hydrogen (secondary N) is 1. The fraction of sp³-hybridized carbons (Fsp3) is 0.0714. The number of hydrogen-bond donors (Lipinski definition) is 1. The molecule has 2 heterocycles. The Kier molecular flexibility index (Phi) is 3.83. The van der Waals surface area contributed by atoms with Gasteiger partial charge in [0.05, 0.1) is 10.3 Å². The van der Waals surface area contributed by atoms with E-state index in [1.165, 1.54) is 0 Å². The fourth-order valence-corrected chi connectivity index (χ4v) is 3.43. The van der Waals surface area contributed by atoms with Crippen LogP contribution in [0.1, 0.15) is 15.4 Å². The summed E-state index contributed by atoms with van der Waals surface area (Å²) in [5.74, 6) is 0.0553. The fourth-order valence-electron chi connectivity index (χ4n) is 1.83. The first-order chi connectivity index (χ1) is 9.61. The zero-order chi connectivity index (χ0) is 14.1. The minimum Gasteiger partial charge on any atom is -0.451 e. The van der Waals surface area contributed by atoms with Crippen LogP contribution in [0.3, 0.4) is 0 Å². The Morgan fingerprint density at radius 3 is 2.90 bits per heavy atom. The van der Waals surface area contributed by atoms with E-state index in [9.17, 15) is 4.79 Å². The first kappa shape index (κ1) is 13.7. The third-order valence-corrected chi connectivity index (χ3v) is 4.61. The van der Waals surface area contributed by atoms with Crippen LogP contribution >= 0.6 is 38.9 Å². The number of carbonyl (C=O) groups is 1. The molecule has 1 N–H and O–H groups in total. The Labute approximate surface area is 132 Å². The number of carbonyl (C=O) groups excluding carboxylic acids is 1. The van der Waals surface area contributed by atoms with Crippen molar-refractivity contribution in [1.82, 2.24) is 5.32 Å². The van der Waals surface area contributed by atoms with E-state index in [-0.39, 0.29) is 11.7 Å². The predicted octanol–water partition coefficient (Wildman–Crippen LogP) is 4.84.